The van der Waals surface area contributed by atoms with Gasteiger partial charge >= 0.3 is 5.97 Å². The van der Waals surface area contributed by atoms with Crippen LogP contribution < -0.4 is 9.80 Å². The van der Waals surface area contributed by atoms with Crippen LogP contribution in [0, 0.1) is 5.92 Å². The third-order valence-corrected chi connectivity index (χ3v) is 7.78. The average Bonchev–Trinajstić information content (AvgIpc) is 3.49. The molecule has 1 fully saturated rings. The van der Waals surface area contributed by atoms with Crippen LogP contribution in [0.25, 0.3) is 0 Å². The topological polar surface area (TPSA) is 138 Å². The molecule has 0 saturated carbocycles. The molecule has 3 aromatic rings. The summed E-state index contributed by atoms with van der Waals surface area (Å²) in [6.45, 7) is 3.48. The molecule has 11 heteroatoms. The molecule has 0 spiro atoms. The molecule has 0 radical (unpaired) electrons. The van der Waals surface area contributed by atoms with E-state index in [0.717, 1.165) is 5.56 Å². The highest BCUT2D eigenvalue weighted by molar-refractivity contribution is 6.08. The maximum atomic E-state index is 13.3. The van der Waals surface area contributed by atoms with Crippen molar-refractivity contribution in [3.63, 3.8) is 0 Å². The first-order valence-electron chi connectivity index (χ1n) is 13.5. The molecular formula is C30H33N5O6. The Morgan fingerprint density at radius 1 is 1.22 bits per heavy atom. The van der Waals surface area contributed by atoms with E-state index in [1.165, 1.54) is 16.7 Å². The number of rotatable bonds is 10. The zero-order valence-corrected chi connectivity index (χ0v) is 23.2. The lowest BCUT2D eigenvalue weighted by molar-refractivity contribution is -0.153. The Morgan fingerprint density at radius 2 is 1.98 bits per heavy atom. The van der Waals surface area contributed by atoms with Crippen LogP contribution in [-0.4, -0.2) is 62.9 Å². The number of amides is 2. The van der Waals surface area contributed by atoms with Gasteiger partial charge in [-0.15, -0.1) is 5.10 Å². The smallest absolute Gasteiger partial charge is 0.304 e. The van der Waals surface area contributed by atoms with Crippen molar-refractivity contribution in [1.82, 2.24) is 15.0 Å². The SMILES string of the molecule is CC(=O)OC1CC(=O)N1c1ccc2c(c1)[C@](O)([C@@H](C)/C=C/CCn1cc(C(CO)c3ccccc3)nn1)C(=O)N2C. The molecule has 11 nitrogen and oxygen atoms in total. The van der Waals surface area contributed by atoms with Crippen LogP contribution in [-0.2, 0) is 31.3 Å². The Kier molecular flexibility index (Phi) is 7.74. The summed E-state index contributed by atoms with van der Waals surface area (Å²) >= 11 is 0. The zero-order chi connectivity index (χ0) is 29.3. The number of esters is 1. The molecule has 2 aliphatic heterocycles. The molecule has 5 rings (SSSR count). The monoisotopic (exact) mass is 559 g/mol. The Bertz CT molecular complexity index is 1490. The van der Waals surface area contributed by atoms with Gasteiger partial charge in [0.25, 0.3) is 5.91 Å². The highest BCUT2D eigenvalue weighted by Gasteiger charge is 2.52. The summed E-state index contributed by atoms with van der Waals surface area (Å²) in [5.41, 5.74) is 1.17. The Labute approximate surface area is 237 Å². The first-order chi connectivity index (χ1) is 19.6. The lowest BCUT2D eigenvalue weighted by Gasteiger charge is -2.39. The maximum Gasteiger partial charge on any atom is 0.304 e. The largest absolute Gasteiger partial charge is 0.441 e. The van der Waals surface area contributed by atoms with Gasteiger partial charge in [0, 0.05) is 43.9 Å². The molecule has 2 amide bonds. The minimum atomic E-state index is -1.84. The number of benzene rings is 2. The molecule has 214 valence electrons. The van der Waals surface area contributed by atoms with Crippen LogP contribution in [0.4, 0.5) is 11.4 Å². The van der Waals surface area contributed by atoms with Crippen LogP contribution in [0.5, 0.6) is 0 Å². The standard InChI is InChI=1S/C30H33N5O6/c1-19(9-7-8-14-34-17-25(31-32-34)23(18-36)21-10-5-4-6-11-21)30(40)24-15-22(12-13-26(24)33(3)29(30)39)35-27(38)16-28(35)41-20(2)37/h4-7,9-13,15,17,19,23,28,36,40H,8,14,16,18H2,1-3H3/b9-7+/t19-,23?,28?,30+/m0/s1. The van der Waals surface area contributed by atoms with Gasteiger partial charge in [-0.05, 0) is 30.2 Å². The molecule has 0 aliphatic carbocycles. The average molecular weight is 560 g/mol. The van der Waals surface area contributed by atoms with E-state index in [1.54, 1.807) is 42.9 Å². The number of nitrogens with zero attached hydrogens (tertiary/aromatic N) is 5. The summed E-state index contributed by atoms with van der Waals surface area (Å²) < 4.78 is 6.92. The van der Waals surface area contributed by atoms with E-state index >= 15 is 0 Å². The summed E-state index contributed by atoms with van der Waals surface area (Å²) in [6.07, 6.45) is 5.43. The molecule has 2 aromatic carbocycles. The highest BCUT2D eigenvalue weighted by atomic mass is 16.6. The number of carbonyl (C=O) groups is 3. The minimum absolute atomic E-state index is 0.0824. The number of ether oxygens (including phenoxy) is 1. The van der Waals surface area contributed by atoms with E-state index in [-0.39, 0.29) is 24.9 Å². The Balaban J connectivity index is 1.29. The maximum absolute atomic E-state index is 13.3. The number of hydrogen-bond donors (Lipinski definition) is 2. The second kappa shape index (κ2) is 11.3. The molecule has 2 aliphatic rings. The Hall–Kier alpha value is -4.35. The first-order valence-corrected chi connectivity index (χ1v) is 13.5. The van der Waals surface area contributed by atoms with Gasteiger partial charge < -0.3 is 19.8 Å². The number of aromatic nitrogens is 3. The van der Waals surface area contributed by atoms with Gasteiger partial charge in [-0.2, -0.15) is 0 Å². The van der Waals surface area contributed by atoms with E-state index < -0.39 is 29.6 Å². The van der Waals surface area contributed by atoms with Crippen LogP contribution in [0.15, 0.2) is 66.9 Å². The molecule has 2 unspecified atom stereocenters. The van der Waals surface area contributed by atoms with Gasteiger partial charge in [0.15, 0.2) is 11.8 Å². The summed E-state index contributed by atoms with van der Waals surface area (Å²) in [7, 11) is 1.60. The van der Waals surface area contributed by atoms with Gasteiger partial charge in [0.05, 0.1) is 30.3 Å². The van der Waals surface area contributed by atoms with Gasteiger partial charge in [-0.3, -0.25) is 24.0 Å². The number of fused-ring (bicyclic) bond motifs is 1. The number of β-lactam (4-membered cyclic amide) rings is 1. The highest BCUT2D eigenvalue weighted by Crippen LogP contribution is 2.46. The molecule has 0 bridgehead atoms. The second-order valence-electron chi connectivity index (χ2n) is 10.4. The molecule has 4 atom stereocenters. The molecule has 1 saturated heterocycles. The van der Waals surface area contributed by atoms with Crippen molar-refractivity contribution in [1.29, 1.82) is 0 Å². The number of aryl methyl sites for hydroxylation is 1. The fraction of sp³-hybridized carbons (Fsp3) is 0.367. The quantitative estimate of drug-likeness (QED) is 0.220. The fourth-order valence-corrected chi connectivity index (χ4v) is 5.46. The van der Waals surface area contributed by atoms with E-state index in [0.29, 0.717) is 35.6 Å². The van der Waals surface area contributed by atoms with Crippen molar-refractivity contribution >= 4 is 29.2 Å². The van der Waals surface area contributed by atoms with E-state index in [9.17, 15) is 24.6 Å². The van der Waals surface area contributed by atoms with Crippen LogP contribution in [0.3, 0.4) is 0 Å². The number of allylic oxidation sites excluding steroid dienone is 1. The molecular weight excluding hydrogens is 526 g/mol. The van der Waals surface area contributed by atoms with Crippen LogP contribution in [0.1, 0.15) is 49.4 Å². The predicted octanol–water partition coefficient (Wildman–Crippen LogP) is 2.47. The van der Waals surface area contributed by atoms with Crippen molar-refractivity contribution < 1.29 is 29.3 Å². The number of aliphatic hydroxyl groups is 2. The fourth-order valence-electron chi connectivity index (χ4n) is 5.46. The normalized spacial score (nSPS) is 21.6. The van der Waals surface area contributed by atoms with Crippen molar-refractivity contribution in [3.05, 3.63) is 83.7 Å². The molecule has 2 N–H and O–H groups in total. The minimum Gasteiger partial charge on any atom is -0.441 e. The van der Waals surface area contributed by atoms with Gasteiger partial charge in [-0.1, -0.05) is 54.6 Å². The van der Waals surface area contributed by atoms with E-state index in [2.05, 4.69) is 10.3 Å². The van der Waals surface area contributed by atoms with Crippen molar-refractivity contribution in [2.24, 2.45) is 5.92 Å². The van der Waals surface area contributed by atoms with Crippen molar-refractivity contribution in [2.45, 2.75) is 51.0 Å². The number of likely N-dealkylation sites (N-methyl/N-ethyl adjacent to an activating group) is 1. The number of hydrogen-bond acceptors (Lipinski definition) is 8. The summed E-state index contributed by atoms with van der Waals surface area (Å²) in [5.74, 6) is -2.03. The molecule has 3 heterocycles. The van der Waals surface area contributed by atoms with Crippen LogP contribution >= 0.6 is 0 Å². The third kappa shape index (κ3) is 5.14. The molecule has 41 heavy (non-hydrogen) atoms. The third-order valence-electron chi connectivity index (χ3n) is 7.78. The lowest BCUT2D eigenvalue weighted by Crippen LogP contribution is -2.55. The second-order valence-corrected chi connectivity index (χ2v) is 10.4. The van der Waals surface area contributed by atoms with Gasteiger partial charge in [0.2, 0.25) is 5.91 Å². The zero-order valence-electron chi connectivity index (χ0n) is 23.2. The van der Waals surface area contributed by atoms with E-state index in [4.69, 9.17) is 4.74 Å². The van der Waals surface area contributed by atoms with Crippen LogP contribution in [0.2, 0.25) is 0 Å². The first kappa shape index (κ1) is 28.2. The van der Waals surface area contributed by atoms with Crippen molar-refractivity contribution in [3.8, 4) is 0 Å². The summed E-state index contributed by atoms with van der Waals surface area (Å²) in [6, 6.07) is 14.6. The lowest BCUT2D eigenvalue weighted by atomic mass is 9.82. The van der Waals surface area contributed by atoms with Gasteiger partial charge in [-0.25, -0.2) is 0 Å². The van der Waals surface area contributed by atoms with Crippen molar-refractivity contribution in [2.75, 3.05) is 23.5 Å². The predicted molar refractivity (Wildman–Crippen MR) is 150 cm³/mol. The number of aliphatic hydroxyl groups excluding tert-OH is 1. The van der Waals surface area contributed by atoms with E-state index in [1.807, 2.05) is 42.6 Å². The summed E-state index contributed by atoms with van der Waals surface area (Å²) in [5, 5.41) is 30.1. The molecule has 1 aromatic heterocycles. The Morgan fingerprint density at radius 3 is 2.66 bits per heavy atom. The number of anilines is 2. The van der Waals surface area contributed by atoms with Gasteiger partial charge in [0.1, 0.15) is 0 Å². The summed E-state index contributed by atoms with van der Waals surface area (Å²) in [4.78, 5) is 39.8. The number of carbonyl (C=O) groups excluding carboxylic acids is 3.